The summed E-state index contributed by atoms with van der Waals surface area (Å²) in [6.07, 6.45) is 5.26. The molecule has 0 bridgehead atoms. The average molecular weight is 473 g/mol. The number of nitrogens with zero attached hydrogens (tertiary/aromatic N) is 3. The zero-order valence-electron chi connectivity index (χ0n) is 17.7. The number of aromatic nitrogens is 2. The van der Waals surface area contributed by atoms with Crippen LogP contribution in [0.2, 0.25) is 0 Å². The van der Waals surface area contributed by atoms with E-state index in [0.717, 1.165) is 24.8 Å². The minimum atomic E-state index is -3.53. The summed E-state index contributed by atoms with van der Waals surface area (Å²) in [5.74, 6) is -0.0633. The molecule has 0 spiro atoms. The Morgan fingerprint density at radius 2 is 1.72 bits per heavy atom. The van der Waals surface area contributed by atoms with E-state index < -0.39 is 15.9 Å². The van der Waals surface area contributed by atoms with Gasteiger partial charge >= 0.3 is 6.01 Å². The van der Waals surface area contributed by atoms with Crippen LogP contribution < -0.4 is 5.32 Å². The molecule has 10 heteroatoms. The molecule has 1 amide bonds. The van der Waals surface area contributed by atoms with Gasteiger partial charge in [0.2, 0.25) is 15.9 Å². The van der Waals surface area contributed by atoms with Gasteiger partial charge in [0.15, 0.2) is 0 Å². The Morgan fingerprint density at radius 3 is 2.38 bits per heavy atom. The molecule has 0 radical (unpaired) electrons. The Balaban J connectivity index is 1.38. The molecular weight excluding hydrogens is 448 g/mol. The minimum absolute atomic E-state index is 0.00394. The Bertz CT molecular complexity index is 1170. The molecule has 3 aromatic rings. The van der Waals surface area contributed by atoms with E-state index in [1.807, 2.05) is 30.5 Å². The zero-order chi connectivity index (χ0) is 22.6. The van der Waals surface area contributed by atoms with Crippen LogP contribution in [0.1, 0.15) is 41.1 Å². The lowest BCUT2D eigenvalue weighted by molar-refractivity contribution is 0.102. The van der Waals surface area contributed by atoms with Crippen LogP contribution in [0.3, 0.4) is 0 Å². The maximum atomic E-state index is 12.7. The van der Waals surface area contributed by atoms with E-state index in [4.69, 9.17) is 4.42 Å². The first-order valence-corrected chi connectivity index (χ1v) is 13.0. The van der Waals surface area contributed by atoms with Crippen LogP contribution in [0, 0.1) is 0 Å². The van der Waals surface area contributed by atoms with Gasteiger partial charge in [0.1, 0.15) is 0 Å². The number of rotatable bonds is 7. The highest BCUT2D eigenvalue weighted by Gasteiger charge is 2.26. The minimum Gasteiger partial charge on any atom is -0.407 e. The first-order valence-electron chi connectivity index (χ1n) is 10.3. The summed E-state index contributed by atoms with van der Waals surface area (Å²) in [5.41, 5.74) is 1.32. The standard InChI is InChI=1S/C22H24N4O4S2/c1-31-18-9-5-16(6-10-18)15-20-24-25-22(30-20)23-21(27)17-7-11-19(12-8-17)32(28,29)26-13-3-2-4-14-26/h5-12H,2-4,13-15H2,1H3,(H,23,25,27). The van der Waals surface area contributed by atoms with Gasteiger partial charge in [-0.05, 0) is 61.1 Å². The number of thioether (sulfide) groups is 1. The maximum absolute atomic E-state index is 12.7. The van der Waals surface area contributed by atoms with Gasteiger partial charge in [0.25, 0.3) is 5.91 Å². The van der Waals surface area contributed by atoms with Crippen molar-refractivity contribution < 1.29 is 17.6 Å². The number of carbonyl (C=O) groups excluding carboxylic acids is 1. The molecule has 1 aliphatic rings. The fourth-order valence-corrected chi connectivity index (χ4v) is 5.42. The third-order valence-electron chi connectivity index (χ3n) is 5.27. The summed E-state index contributed by atoms with van der Waals surface area (Å²) >= 11 is 1.67. The van der Waals surface area contributed by atoms with Crippen LogP contribution in [-0.4, -0.2) is 48.2 Å². The molecule has 2 heterocycles. The summed E-state index contributed by atoms with van der Waals surface area (Å²) in [6.45, 7) is 1.07. The Kier molecular flexibility index (Phi) is 6.92. The second-order valence-corrected chi connectivity index (χ2v) is 10.3. The summed E-state index contributed by atoms with van der Waals surface area (Å²) < 4.78 is 32.5. The number of anilines is 1. The SMILES string of the molecule is CSc1ccc(Cc2nnc(NC(=O)c3ccc(S(=O)(=O)N4CCCCC4)cc3)o2)cc1. The van der Waals surface area contributed by atoms with Crippen LogP contribution in [-0.2, 0) is 16.4 Å². The van der Waals surface area contributed by atoms with Crippen molar-refractivity contribution in [1.82, 2.24) is 14.5 Å². The molecule has 168 valence electrons. The molecule has 1 aliphatic heterocycles. The normalized spacial score (nSPS) is 14.9. The Morgan fingerprint density at radius 1 is 1.03 bits per heavy atom. The van der Waals surface area contributed by atoms with Gasteiger partial charge in [-0.2, -0.15) is 4.31 Å². The summed E-state index contributed by atoms with van der Waals surface area (Å²) in [6, 6.07) is 13.9. The van der Waals surface area contributed by atoms with Gasteiger partial charge in [-0.25, -0.2) is 8.42 Å². The molecule has 0 unspecified atom stereocenters. The second kappa shape index (κ2) is 9.85. The number of amides is 1. The predicted octanol–water partition coefficient (Wildman–Crippen LogP) is 3.81. The van der Waals surface area contributed by atoms with Crippen molar-refractivity contribution in [2.45, 2.75) is 35.5 Å². The maximum Gasteiger partial charge on any atom is 0.322 e. The van der Waals surface area contributed by atoms with Crippen molar-refractivity contribution in [3.63, 3.8) is 0 Å². The predicted molar refractivity (Wildman–Crippen MR) is 122 cm³/mol. The van der Waals surface area contributed by atoms with Gasteiger partial charge in [-0.15, -0.1) is 16.9 Å². The van der Waals surface area contributed by atoms with E-state index in [1.54, 1.807) is 11.8 Å². The Labute approximate surface area is 191 Å². The third kappa shape index (κ3) is 5.20. The van der Waals surface area contributed by atoms with Crippen molar-refractivity contribution in [3.05, 3.63) is 65.5 Å². The van der Waals surface area contributed by atoms with Crippen LogP contribution >= 0.6 is 11.8 Å². The molecule has 0 saturated carbocycles. The number of sulfonamides is 1. The molecule has 1 fully saturated rings. The molecule has 0 atom stereocenters. The zero-order valence-corrected chi connectivity index (χ0v) is 19.3. The lowest BCUT2D eigenvalue weighted by Crippen LogP contribution is -2.35. The second-order valence-electron chi connectivity index (χ2n) is 7.47. The first kappa shape index (κ1) is 22.5. The van der Waals surface area contributed by atoms with Gasteiger partial charge < -0.3 is 4.42 Å². The average Bonchev–Trinajstić information content (AvgIpc) is 3.26. The number of benzene rings is 2. The fourth-order valence-electron chi connectivity index (χ4n) is 3.50. The molecule has 0 aliphatic carbocycles. The van der Waals surface area contributed by atoms with Crippen molar-refractivity contribution in [2.75, 3.05) is 24.7 Å². The number of carbonyl (C=O) groups is 1. The van der Waals surface area contributed by atoms with Gasteiger partial charge in [-0.1, -0.05) is 23.7 Å². The van der Waals surface area contributed by atoms with E-state index >= 15 is 0 Å². The van der Waals surface area contributed by atoms with E-state index in [0.29, 0.717) is 31.0 Å². The van der Waals surface area contributed by atoms with Gasteiger partial charge in [0.05, 0.1) is 11.3 Å². The van der Waals surface area contributed by atoms with Crippen molar-refractivity contribution in [2.24, 2.45) is 0 Å². The van der Waals surface area contributed by atoms with Crippen LogP contribution in [0.5, 0.6) is 0 Å². The highest BCUT2D eigenvalue weighted by molar-refractivity contribution is 7.98. The summed E-state index contributed by atoms with van der Waals surface area (Å²) in [7, 11) is -3.53. The van der Waals surface area contributed by atoms with E-state index in [9.17, 15) is 13.2 Å². The van der Waals surface area contributed by atoms with Crippen LogP contribution in [0.4, 0.5) is 6.01 Å². The molecule has 4 rings (SSSR count). The van der Waals surface area contributed by atoms with E-state index in [2.05, 4.69) is 15.5 Å². The van der Waals surface area contributed by atoms with Crippen molar-refractivity contribution in [3.8, 4) is 0 Å². The quantitative estimate of drug-likeness (QED) is 0.521. The number of hydrogen-bond acceptors (Lipinski definition) is 7. The van der Waals surface area contributed by atoms with E-state index in [-0.39, 0.29) is 10.9 Å². The lowest BCUT2D eigenvalue weighted by atomic mass is 10.1. The highest BCUT2D eigenvalue weighted by Crippen LogP contribution is 2.21. The van der Waals surface area contributed by atoms with Crippen molar-refractivity contribution >= 4 is 33.7 Å². The molecular formula is C22H24N4O4S2. The third-order valence-corrected chi connectivity index (χ3v) is 7.93. The largest absolute Gasteiger partial charge is 0.407 e. The van der Waals surface area contributed by atoms with Gasteiger partial charge in [0, 0.05) is 23.5 Å². The molecule has 32 heavy (non-hydrogen) atoms. The molecule has 1 aromatic heterocycles. The molecule has 1 saturated heterocycles. The first-order chi connectivity index (χ1) is 15.5. The summed E-state index contributed by atoms with van der Waals surface area (Å²) in [4.78, 5) is 13.9. The lowest BCUT2D eigenvalue weighted by Gasteiger charge is -2.25. The highest BCUT2D eigenvalue weighted by atomic mass is 32.2. The smallest absolute Gasteiger partial charge is 0.322 e. The fraction of sp³-hybridized carbons (Fsp3) is 0.318. The van der Waals surface area contributed by atoms with Gasteiger partial charge in [-0.3, -0.25) is 10.1 Å². The monoisotopic (exact) mass is 472 g/mol. The van der Waals surface area contributed by atoms with Crippen molar-refractivity contribution in [1.29, 1.82) is 0 Å². The molecule has 2 aromatic carbocycles. The molecule has 1 N–H and O–H groups in total. The number of nitrogens with one attached hydrogen (secondary N) is 1. The summed E-state index contributed by atoms with van der Waals surface area (Å²) in [5, 5.41) is 10.4. The topological polar surface area (TPSA) is 105 Å². The van der Waals surface area contributed by atoms with Crippen LogP contribution in [0.15, 0.2) is 62.7 Å². The number of hydrogen-bond donors (Lipinski definition) is 1. The Hall–Kier alpha value is -2.69. The molecule has 8 nitrogen and oxygen atoms in total. The van der Waals surface area contributed by atoms with Crippen LogP contribution in [0.25, 0.3) is 0 Å². The van der Waals surface area contributed by atoms with E-state index in [1.165, 1.54) is 33.5 Å². The number of piperidine rings is 1.